The fourth-order valence-electron chi connectivity index (χ4n) is 4.04. The molecule has 1 aliphatic carbocycles. The molecule has 3 amide bonds. The molecule has 1 saturated carbocycles. The third-order valence-electron chi connectivity index (χ3n) is 5.66. The summed E-state index contributed by atoms with van der Waals surface area (Å²) in [7, 11) is 0. The van der Waals surface area contributed by atoms with Gasteiger partial charge in [0.2, 0.25) is 0 Å². The molecule has 2 fully saturated rings. The van der Waals surface area contributed by atoms with E-state index in [9.17, 15) is 9.59 Å². The van der Waals surface area contributed by atoms with Crippen LogP contribution in [0, 0.1) is 6.92 Å². The van der Waals surface area contributed by atoms with Gasteiger partial charge in [0.1, 0.15) is 13.2 Å². The van der Waals surface area contributed by atoms with Crippen LogP contribution in [-0.4, -0.2) is 67.2 Å². The van der Waals surface area contributed by atoms with Crippen LogP contribution >= 0.6 is 0 Å². The van der Waals surface area contributed by atoms with E-state index in [2.05, 4.69) is 5.32 Å². The zero-order valence-electron chi connectivity index (χ0n) is 15.8. The lowest BCUT2D eigenvalue weighted by Gasteiger charge is -2.35. The van der Waals surface area contributed by atoms with Gasteiger partial charge >= 0.3 is 6.03 Å². The number of piperazine rings is 1. The molecule has 2 heterocycles. The van der Waals surface area contributed by atoms with E-state index in [-0.39, 0.29) is 11.9 Å². The molecule has 1 saturated heterocycles. The van der Waals surface area contributed by atoms with E-state index in [4.69, 9.17) is 9.47 Å². The second-order valence-electron chi connectivity index (χ2n) is 7.52. The Bertz CT molecular complexity index is 722. The van der Waals surface area contributed by atoms with Crippen LogP contribution in [-0.2, 0) is 0 Å². The zero-order chi connectivity index (χ0) is 18.8. The second-order valence-corrected chi connectivity index (χ2v) is 7.52. The summed E-state index contributed by atoms with van der Waals surface area (Å²) in [6, 6.07) is 3.97. The van der Waals surface area contributed by atoms with E-state index in [1.807, 2.05) is 22.8 Å². The first-order valence-corrected chi connectivity index (χ1v) is 9.87. The van der Waals surface area contributed by atoms with Gasteiger partial charge in [-0.15, -0.1) is 0 Å². The van der Waals surface area contributed by atoms with Crippen LogP contribution in [0.4, 0.5) is 4.79 Å². The Morgan fingerprint density at radius 2 is 1.56 bits per heavy atom. The van der Waals surface area contributed by atoms with Gasteiger partial charge < -0.3 is 24.6 Å². The number of ether oxygens (including phenoxy) is 2. The fraction of sp³-hybridized carbons (Fsp3) is 0.600. The van der Waals surface area contributed by atoms with Crippen LogP contribution in [0.1, 0.15) is 41.6 Å². The van der Waals surface area contributed by atoms with Gasteiger partial charge in [-0.3, -0.25) is 4.79 Å². The molecule has 0 atom stereocenters. The Balaban J connectivity index is 1.36. The number of nitrogens with one attached hydrogen (secondary N) is 1. The van der Waals surface area contributed by atoms with Crippen LogP contribution in [0.2, 0.25) is 0 Å². The fourth-order valence-corrected chi connectivity index (χ4v) is 4.04. The lowest BCUT2D eigenvalue weighted by atomic mass is 10.1. The van der Waals surface area contributed by atoms with Crippen molar-refractivity contribution in [3.63, 3.8) is 0 Å². The topological polar surface area (TPSA) is 71.1 Å². The summed E-state index contributed by atoms with van der Waals surface area (Å²) in [5.41, 5.74) is 1.52. The molecule has 0 radical (unpaired) electrons. The number of amides is 3. The van der Waals surface area contributed by atoms with Crippen molar-refractivity contribution >= 4 is 11.9 Å². The highest BCUT2D eigenvalue weighted by atomic mass is 16.6. The number of hydrogen-bond donors (Lipinski definition) is 1. The summed E-state index contributed by atoms with van der Waals surface area (Å²) in [6.45, 7) is 5.16. The normalized spacial score (nSPS) is 19.9. The summed E-state index contributed by atoms with van der Waals surface area (Å²) in [5, 5.41) is 3.12. The molecule has 0 spiro atoms. The van der Waals surface area contributed by atoms with E-state index < -0.39 is 0 Å². The maximum Gasteiger partial charge on any atom is 0.317 e. The van der Waals surface area contributed by atoms with Crippen molar-refractivity contribution in [3.8, 4) is 11.5 Å². The lowest BCUT2D eigenvalue weighted by molar-refractivity contribution is 0.0661. The summed E-state index contributed by atoms with van der Waals surface area (Å²) >= 11 is 0. The van der Waals surface area contributed by atoms with Gasteiger partial charge in [-0.1, -0.05) is 12.8 Å². The lowest BCUT2D eigenvalue weighted by Crippen LogP contribution is -2.54. The van der Waals surface area contributed by atoms with Gasteiger partial charge in [-0.2, -0.15) is 0 Å². The summed E-state index contributed by atoms with van der Waals surface area (Å²) in [6.07, 6.45) is 4.55. The van der Waals surface area contributed by atoms with Gasteiger partial charge in [0.15, 0.2) is 11.5 Å². The number of rotatable bonds is 2. The molecular formula is C20H27N3O4. The molecule has 146 valence electrons. The Hall–Kier alpha value is -2.44. The van der Waals surface area contributed by atoms with Crippen molar-refractivity contribution < 1.29 is 19.1 Å². The largest absolute Gasteiger partial charge is 0.486 e. The molecule has 7 heteroatoms. The number of hydrogen-bond acceptors (Lipinski definition) is 4. The molecule has 4 rings (SSSR count). The second kappa shape index (κ2) is 7.66. The van der Waals surface area contributed by atoms with Gasteiger partial charge in [0.05, 0.1) is 0 Å². The van der Waals surface area contributed by atoms with Crippen LogP contribution < -0.4 is 14.8 Å². The minimum atomic E-state index is -0.0136. The number of fused-ring (bicyclic) bond motifs is 1. The quantitative estimate of drug-likeness (QED) is 0.863. The number of aryl methyl sites for hydroxylation is 1. The van der Waals surface area contributed by atoms with Crippen molar-refractivity contribution in [2.75, 3.05) is 39.4 Å². The molecule has 1 aromatic carbocycles. The SMILES string of the molecule is Cc1cc2c(cc1C(=O)N1CCN(C(=O)NC3CCCC3)CC1)OCCO2. The van der Waals surface area contributed by atoms with Crippen LogP contribution in [0.5, 0.6) is 11.5 Å². The summed E-state index contributed by atoms with van der Waals surface area (Å²) < 4.78 is 11.2. The number of benzene rings is 1. The Labute approximate surface area is 159 Å². The smallest absolute Gasteiger partial charge is 0.317 e. The highest BCUT2D eigenvalue weighted by molar-refractivity contribution is 5.96. The Morgan fingerprint density at radius 3 is 2.22 bits per heavy atom. The molecule has 27 heavy (non-hydrogen) atoms. The van der Waals surface area contributed by atoms with Crippen molar-refractivity contribution in [2.45, 2.75) is 38.6 Å². The molecule has 1 N–H and O–H groups in total. The molecule has 1 aromatic rings. The van der Waals surface area contributed by atoms with E-state index in [0.29, 0.717) is 62.5 Å². The van der Waals surface area contributed by atoms with E-state index in [1.54, 1.807) is 6.07 Å². The predicted octanol–water partition coefficient (Wildman–Crippen LogP) is 2.18. The molecule has 2 aliphatic heterocycles. The first-order chi connectivity index (χ1) is 13.1. The third-order valence-corrected chi connectivity index (χ3v) is 5.66. The monoisotopic (exact) mass is 373 g/mol. The number of urea groups is 1. The summed E-state index contributed by atoms with van der Waals surface area (Å²) in [5.74, 6) is 1.31. The minimum Gasteiger partial charge on any atom is -0.486 e. The van der Waals surface area contributed by atoms with Gasteiger partial charge in [0.25, 0.3) is 5.91 Å². The van der Waals surface area contributed by atoms with Crippen molar-refractivity contribution in [3.05, 3.63) is 23.3 Å². The van der Waals surface area contributed by atoms with Gasteiger partial charge in [-0.25, -0.2) is 4.79 Å². The Kier molecular flexibility index (Phi) is 5.09. The van der Waals surface area contributed by atoms with Crippen molar-refractivity contribution in [1.29, 1.82) is 0 Å². The standard InChI is InChI=1S/C20H27N3O4/c1-14-12-17-18(27-11-10-26-17)13-16(14)19(24)22-6-8-23(9-7-22)20(25)21-15-4-2-3-5-15/h12-13,15H,2-11H2,1H3,(H,21,25). The Morgan fingerprint density at radius 1 is 0.963 bits per heavy atom. The summed E-state index contributed by atoms with van der Waals surface area (Å²) in [4.78, 5) is 29.0. The van der Waals surface area contributed by atoms with Crippen molar-refractivity contribution in [1.82, 2.24) is 15.1 Å². The van der Waals surface area contributed by atoms with E-state index in [1.165, 1.54) is 12.8 Å². The van der Waals surface area contributed by atoms with Crippen LogP contribution in [0.25, 0.3) is 0 Å². The maximum atomic E-state index is 13.0. The molecule has 0 unspecified atom stereocenters. The van der Waals surface area contributed by atoms with E-state index in [0.717, 1.165) is 18.4 Å². The molecule has 0 aromatic heterocycles. The molecule has 7 nitrogen and oxygen atoms in total. The van der Waals surface area contributed by atoms with Gasteiger partial charge in [-0.05, 0) is 37.5 Å². The minimum absolute atomic E-state index is 0.00418. The maximum absolute atomic E-state index is 13.0. The van der Waals surface area contributed by atoms with Gasteiger partial charge in [0, 0.05) is 37.8 Å². The first-order valence-electron chi connectivity index (χ1n) is 9.87. The third kappa shape index (κ3) is 3.82. The van der Waals surface area contributed by atoms with Crippen molar-refractivity contribution in [2.24, 2.45) is 0 Å². The van der Waals surface area contributed by atoms with Crippen LogP contribution in [0.3, 0.4) is 0 Å². The number of carbonyl (C=O) groups is 2. The number of carbonyl (C=O) groups excluding carboxylic acids is 2. The van der Waals surface area contributed by atoms with E-state index >= 15 is 0 Å². The number of nitrogens with zero attached hydrogens (tertiary/aromatic N) is 2. The highest BCUT2D eigenvalue weighted by Crippen LogP contribution is 2.33. The first kappa shape index (κ1) is 17.9. The zero-order valence-corrected chi connectivity index (χ0v) is 15.8. The molecule has 3 aliphatic rings. The van der Waals surface area contributed by atoms with Crippen LogP contribution in [0.15, 0.2) is 12.1 Å². The average Bonchev–Trinajstić information content (AvgIpc) is 3.20. The molecular weight excluding hydrogens is 346 g/mol. The highest BCUT2D eigenvalue weighted by Gasteiger charge is 2.28. The predicted molar refractivity (Wildman–Crippen MR) is 100 cm³/mol. The molecule has 0 bridgehead atoms. The average molecular weight is 373 g/mol.